The first kappa shape index (κ1) is 23.0. The van der Waals surface area contributed by atoms with Crippen LogP contribution in [0, 0.1) is 16.7 Å². The van der Waals surface area contributed by atoms with Crippen LogP contribution in [0.4, 0.5) is 11.6 Å². The van der Waals surface area contributed by atoms with E-state index in [1.807, 2.05) is 30.9 Å². The largest absolute Gasteiger partial charge is 0.463 e. The zero-order valence-electron chi connectivity index (χ0n) is 18.6. The summed E-state index contributed by atoms with van der Waals surface area (Å²) >= 11 is 6.37. The number of pyridine rings is 1. The predicted molar refractivity (Wildman–Crippen MR) is 122 cm³/mol. The number of aromatic nitrogens is 3. The van der Waals surface area contributed by atoms with Crippen LogP contribution in [0.3, 0.4) is 0 Å². The van der Waals surface area contributed by atoms with E-state index < -0.39 is 0 Å². The molecular formula is C22H30ClN7O. The molecule has 0 aliphatic carbocycles. The van der Waals surface area contributed by atoms with E-state index >= 15 is 0 Å². The van der Waals surface area contributed by atoms with Gasteiger partial charge in [-0.3, -0.25) is 0 Å². The van der Waals surface area contributed by atoms with E-state index in [9.17, 15) is 5.26 Å². The molecule has 8 nitrogen and oxygen atoms in total. The molecule has 31 heavy (non-hydrogen) atoms. The number of rotatable bonds is 7. The molecule has 0 amide bonds. The van der Waals surface area contributed by atoms with Gasteiger partial charge >= 0.3 is 6.01 Å². The van der Waals surface area contributed by atoms with E-state index in [1.54, 1.807) is 6.20 Å². The molecule has 2 aromatic heterocycles. The Balaban J connectivity index is 1.91. The third kappa shape index (κ3) is 5.17. The van der Waals surface area contributed by atoms with Gasteiger partial charge in [0.2, 0.25) is 0 Å². The monoisotopic (exact) mass is 443 g/mol. The van der Waals surface area contributed by atoms with Crippen molar-refractivity contribution < 1.29 is 4.74 Å². The van der Waals surface area contributed by atoms with Crippen molar-refractivity contribution in [1.82, 2.24) is 19.9 Å². The van der Waals surface area contributed by atoms with Crippen molar-refractivity contribution in [1.29, 1.82) is 5.26 Å². The summed E-state index contributed by atoms with van der Waals surface area (Å²) in [6.45, 7) is 9.30. The van der Waals surface area contributed by atoms with Gasteiger partial charge in [-0.15, -0.1) is 0 Å². The normalized spacial score (nSPS) is 20.1. The quantitative estimate of drug-likeness (QED) is 0.646. The second-order valence-corrected chi connectivity index (χ2v) is 8.85. The van der Waals surface area contributed by atoms with Crippen LogP contribution >= 0.6 is 11.6 Å². The van der Waals surface area contributed by atoms with Crippen molar-refractivity contribution in [2.45, 2.75) is 39.7 Å². The molecule has 2 atom stereocenters. The van der Waals surface area contributed by atoms with Gasteiger partial charge in [-0.05, 0) is 46.3 Å². The van der Waals surface area contributed by atoms with Crippen molar-refractivity contribution in [3.63, 3.8) is 0 Å². The highest BCUT2D eigenvalue weighted by Gasteiger charge is 2.31. The lowest BCUT2D eigenvalue weighted by atomic mass is 9.83. The first-order valence-corrected chi connectivity index (χ1v) is 10.9. The molecule has 9 heteroatoms. The lowest BCUT2D eigenvalue weighted by Gasteiger charge is -2.38. The van der Waals surface area contributed by atoms with E-state index in [4.69, 9.17) is 22.1 Å². The number of hydrogen-bond acceptors (Lipinski definition) is 8. The van der Waals surface area contributed by atoms with Crippen molar-refractivity contribution in [2.24, 2.45) is 5.41 Å². The summed E-state index contributed by atoms with van der Waals surface area (Å²) in [5.41, 5.74) is 7.17. The Morgan fingerprint density at radius 2 is 2.23 bits per heavy atom. The number of ether oxygens (including phenoxy) is 1. The predicted octanol–water partition coefficient (Wildman–Crippen LogP) is 3.68. The second-order valence-electron chi connectivity index (χ2n) is 8.49. The van der Waals surface area contributed by atoms with Crippen LogP contribution in [-0.2, 0) is 0 Å². The van der Waals surface area contributed by atoms with Crippen LogP contribution < -0.4 is 15.4 Å². The number of halogens is 1. The number of nitrogens with two attached hydrogens (primary N) is 1. The molecule has 1 saturated heterocycles. The molecular weight excluding hydrogens is 414 g/mol. The van der Waals surface area contributed by atoms with Gasteiger partial charge in [-0.2, -0.15) is 15.2 Å². The Bertz CT molecular complexity index is 963. The molecule has 3 heterocycles. The van der Waals surface area contributed by atoms with Crippen molar-refractivity contribution in [3.8, 4) is 12.1 Å². The van der Waals surface area contributed by atoms with Gasteiger partial charge in [0.05, 0.1) is 12.6 Å². The number of nitrogen functional groups attached to an aromatic ring is 1. The highest BCUT2D eigenvalue weighted by atomic mass is 35.5. The lowest BCUT2D eigenvalue weighted by molar-refractivity contribution is 0.0658. The Hall–Kier alpha value is -2.63. The highest BCUT2D eigenvalue weighted by molar-refractivity contribution is 6.30. The highest BCUT2D eigenvalue weighted by Crippen LogP contribution is 2.34. The number of nitriles is 1. The summed E-state index contributed by atoms with van der Waals surface area (Å²) in [4.78, 5) is 17.3. The minimum Gasteiger partial charge on any atom is -0.463 e. The van der Waals surface area contributed by atoms with Crippen molar-refractivity contribution >= 4 is 23.2 Å². The molecule has 1 aliphatic heterocycles. The van der Waals surface area contributed by atoms with Gasteiger partial charge in [-0.25, -0.2) is 4.98 Å². The zero-order valence-corrected chi connectivity index (χ0v) is 19.4. The number of hydrogen-bond donors (Lipinski definition) is 1. The summed E-state index contributed by atoms with van der Waals surface area (Å²) in [5, 5.41) is 9.80. The summed E-state index contributed by atoms with van der Waals surface area (Å²) in [5.74, 6) is 0.875. The summed E-state index contributed by atoms with van der Waals surface area (Å²) < 4.78 is 6.02. The van der Waals surface area contributed by atoms with E-state index in [0.717, 1.165) is 31.5 Å². The Labute approximate surface area is 189 Å². The van der Waals surface area contributed by atoms with Gasteiger partial charge in [-0.1, -0.05) is 24.6 Å². The SMILES string of the molecule is CCN(c1nc(OCC2(C)CCCN(C)C2)nc(Cl)c1C#N)C(C)c1cccnc1N. The molecule has 0 aromatic carbocycles. The van der Waals surface area contributed by atoms with Crippen molar-refractivity contribution in [2.75, 3.05) is 43.9 Å². The fourth-order valence-corrected chi connectivity index (χ4v) is 4.47. The summed E-state index contributed by atoms with van der Waals surface area (Å²) in [6.07, 6.45) is 3.86. The van der Waals surface area contributed by atoms with Crippen LogP contribution in [-0.4, -0.2) is 53.1 Å². The Kier molecular flexibility index (Phi) is 7.19. The molecule has 0 saturated carbocycles. The number of anilines is 2. The molecule has 0 spiro atoms. The summed E-state index contributed by atoms with van der Waals surface area (Å²) in [7, 11) is 2.12. The minimum atomic E-state index is -0.172. The fourth-order valence-electron chi connectivity index (χ4n) is 4.27. The van der Waals surface area contributed by atoms with Crippen LogP contribution in [0.15, 0.2) is 18.3 Å². The molecule has 0 radical (unpaired) electrons. The Morgan fingerprint density at radius 3 is 2.87 bits per heavy atom. The lowest BCUT2D eigenvalue weighted by Crippen LogP contribution is -2.42. The molecule has 166 valence electrons. The molecule has 3 rings (SSSR count). The Morgan fingerprint density at radius 1 is 1.45 bits per heavy atom. The van der Waals surface area contributed by atoms with Crippen molar-refractivity contribution in [3.05, 3.63) is 34.6 Å². The van der Waals surface area contributed by atoms with E-state index in [1.165, 1.54) is 0 Å². The standard InChI is InChI=1S/C22H30ClN7O/c1-5-30(15(2)16-8-6-10-26-19(16)25)20-17(12-24)18(23)27-21(28-20)31-14-22(3)9-7-11-29(4)13-22/h6,8,10,15H,5,7,9,11,13-14H2,1-4H3,(H2,25,26). The number of nitrogens with zero attached hydrogens (tertiary/aromatic N) is 6. The van der Waals surface area contributed by atoms with Gasteiger partial charge in [0, 0.05) is 30.3 Å². The van der Waals surface area contributed by atoms with E-state index in [-0.39, 0.29) is 28.2 Å². The molecule has 0 bridgehead atoms. The maximum absolute atomic E-state index is 9.72. The number of likely N-dealkylation sites (tertiary alicyclic amines) is 1. The van der Waals surface area contributed by atoms with Gasteiger partial charge in [0.1, 0.15) is 17.5 Å². The van der Waals surface area contributed by atoms with E-state index in [0.29, 0.717) is 24.8 Å². The minimum absolute atomic E-state index is 0.0127. The molecule has 2 N–H and O–H groups in total. The second kappa shape index (κ2) is 9.67. The van der Waals surface area contributed by atoms with Crippen LogP contribution in [0.1, 0.15) is 50.8 Å². The third-order valence-corrected chi connectivity index (χ3v) is 6.13. The first-order chi connectivity index (χ1) is 14.8. The topological polar surface area (TPSA) is 104 Å². The molecule has 1 fully saturated rings. The third-order valence-electron chi connectivity index (χ3n) is 5.86. The number of piperidine rings is 1. The van der Waals surface area contributed by atoms with E-state index in [2.05, 4.69) is 39.9 Å². The van der Waals surface area contributed by atoms with Gasteiger partial charge in [0.25, 0.3) is 0 Å². The fraction of sp³-hybridized carbons (Fsp3) is 0.545. The zero-order chi connectivity index (χ0) is 22.6. The average molecular weight is 444 g/mol. The molecule has 2 aromatic rings. The van der Waals surface area contributed by atoms with Gasteiger partial charge in [0.15, 0.2) is 11.0 Å². The van der Waals surface area contributed by atoms with Gasteiger partial charge < -0.3 is 20.3 Å². The van der Waals surface area contributed by atoms with Crippen LogP contribution in [0.5, 0.6) is 6.01 Å². The maximum atomic E-state index is 9.72. The molecule has 1 aliphatic rings. The smallest absolute Gasteiger partial charge is 0.319 e. The van der Waals surface area contributed by atoms with Crippen LogP contribution in [0.25, 0.3) is 0 Å². The first-order valence-electron chi connectivity index (χ1n) is 10.5. The molecule has 2 unspecified atom stereocenters. The van der Waals surface area contributed by atoms with Crippen LogP contribution in [0.2, 0.25) is 5.15 Å². The summed E-state index contributed by atoms with van der Waals surface area (Å²) in [6, 6.07) is 5.90. The maximum Gasteiger partial charge on any atom is 0.319 e. The average Bonchev–Trinajstić information content (AvgIpc) is 2.73.